The van der Waals surface area contributed by atoms with Crippen LogP contribution in [-0.4, -0.2) is 17.0 Å². The van der Waals surface area contributed by atoms with Gasteiger partial charge in [-0.1, -0.05) is 19.9 Å². The van der Waals surface area contributed by atoms with Crippen molar-refractivity contribution in [3.05, 3.63) is 45.7 Å². The van der Waals surface area contributed by atoms with E-state index in [1.807, 2.05) is 26.2 Å². The molecule has 1 atom stereocenters. The van der Waals surface area contributed by atoms with E-state index in [2.05, 4.69) is 35.6 Å². The number of aromatic nitrogens is 2. The van der Waals surface area contributed by atoms with E-state index in [4.69, 9.17) is 4.98 Å². The highest BCUT2D eigenvalue weighted by Gasteiger charge is 2.17. The molecule has 96 valence electrons. The summed E-state index contributed by atoms with van der Waals surface area (Å²) in [4.78, 5) is 9.06. The van der Waals surface area contributed by atoms with Gasteiger partial charge in [-0.2, -0.15) is 0 Å². The third kappa shape index (κ3) is 2.76. The summed E-state index contributed by atoms with van der Waals surface area (Å²) in [6, 6.07) is 4.28. The molecule has 0 aliphatic carbocycles. The summed E-state index contributed by atoms with van der Waals surface area (Å²) in [5.41, 5.74) is 3.36. The number of aryl methyl sites for hydroxylation is 1. The summed E-state index contributed by atoms with van der Waals surface area (Å²) < 4.78 is 0. The molecular formula is C14H19N3S. The van der Waals surface area contributed by atoms with E-state index in [1.165, 1.54) is 0 Å². The van der Waals surface area contributed by atoms with Crippen molar-refractivity contribution in [2.75, 3.05) is 7.05 Å². The molecule has 0 spiro atoms. The zero-order chi connectivity index (χ0) is 13.1. The molecule has 18 heavy (non-hydrogen) atoms. The molecule has 1 unspecified atom stereocenters. The molecule has 0 aliphatic heterocycles. The Kier molecular flexibility index (Phi) is 4.09. The van der Waals surface area contributed by atoms with Crippen molar-refractivity contribution in [3.8, 4) is 0 Å². The Balaban J connectivity index is 2.29. The minimum Gasteiger partial charge on any atom is -0.307 e. The molecule has 0 saturated carbocycles. The van der Waals surface area contributed by atoms with Crippen LogP contribution in [0.1, 0.15) is 47.8 Å². The van der Waals surface area contributed by atoms with Gasteiger partial charge in [0.15, 0.2) is 0 Å². The Hall–Kier alpha value is -1.26. The van der Waals surface area contributed by atoms with Crippen molar-refractivity contribution in [1.82, 2.24) is 15.3 Å². The zero-order valence-corrected chi connectivity index (χ0v) is 12.1. The van der Waals surface area contributed by atoms with Crippen molar-refractivity contribution in [3.63, 3.8) is 0 Å². The lowest BCUT2D eigenvalue weighted by atomic mass is 10.1. The summed E-state index contributed by atoms with van der Waals surface area (Å²) in [5.74, 6) is 0.476. The standard InChI is InChI=1S/C14H19N3S/c1-9(2)12-8-18-14(17-12)13(15-4)11-6-5-10(3)16-7-11/h5-9,13,15H,1-4H3. The van der Waals surface area contributed by atoms with Crippen LogP contribution in [0.3, 0.4) is 0 Å². The van der Waals surface area contributed by atoms with Crippen LogP contribution >= 0.6 is 11.3 Å². The predicted octanol–water partition coefficient (Wildman–Crippen LogP) is 3.28. The highest BCUT2D eigenvalue weighted by molar-refractivity contribution is 7.09. The first-order valence-corrected chi connectivity index (χ1v) is 7.05. The fourth-order valence-corrected chi connectivity index (χ4v) is 2.90. The maximum absolute atomic E-state index is 4.71. The molecule has 2 aromatic rings. The number of hydrogen-bond acceptors (Lipinski definition) is 4. The number of hydrogen-bond donors (Lipinski definition) is 1. The minimum atomic E-state index is 0.135. The Bertz CT molecular complexity index is 502. The molecule has 2 heterocycles. The molecule has 2 rings (SSSR count). The fraction of sp³-hybridized carbons (Fsp3) is 0.429. The maximum Gasteiger partial charge on any atom is 0.114 e. The van der Waals surface area contributed by atoms with Crippen molar-refractivity contribution in [2.45, 2.75) is 32.7 Å². The summed E-state index contributed by atoms with van der Waals surface area (Å²) in [5, 5.41) is 6.56. The lowest BCUT2D eigenvalue weighted by molar-refractivity contribution is 0.675. The Morgan fingerprint density at radius 2 is 2.06 bits per heavy atom. The van der Waals surface area contributed by atoms with Crippen molar-refractivity contribution < 1.29 is 0 Å². The second kappa shape index (κ2) is 5.59. The number of nitrogens with zero attached hydrogens (tertiary/aromatic N) is 2. The molecule has 0 amide bonds. The largest absolute Gasteiger partial charge is 0.307 e. The Morgan fingerprint density at radius 3 is 2.56 bits per heavy atom. The molecular weight excluding hydrogens is 242 g/mol. The fourth-order valence-electron chi connectivity index (χ4n) is 1.78. The highest BCUT2D eigenvalue weighted by Crippen LogP contribution is 2.26. The topological polar surface area (TPSA) is 37.8 Å². The van der Waals surface area contributed by atoms with Gasteiger partial charge in [0.25, 0.3) is 0 Å². The van der Waals surface area contributed by atoms with Gasteiger partial charge in [-0.25, -0.2) is 4.98 Å². The van der Waals surface area contributed by atoms with Gasteiger partial charge in [0.05, 0.1) is 11.7 Å². The van der Waals surface area contributed by atoms with Crippen LogP contribution in [-0.2, 0) is 0 Å². The first kappa shape index (κ1) is 13.2. The van der Waals surface area contributed by atoms with Crippen LogP contribution < -0.4 is 5.32 Å². The van der Waals surface area contributed by atoms with Gasteiger partial charge in [-0.3, -0.25) is 4.98 Å². The Morgan fingerprint density at radius 1 is 1.28 bits per heavy atom. The van der Waals surface area contributed by atoms with Gasteiger partial charge in [-0.05, 0) is 31.5 Å². The van der Waals surface area contributed by atoms with Gasteiger partial charge in [0, 0.05) is 17.3 Å². The highest BCUT2D eigenvalue weighted by atomic mass is 32.1. The van der Waals surface area contributed by atoms with Crippen LogP contribution in [0.4, 0.5) is 0 Å². The van der Waals surface area contributed by atoms with Gasteiger partial charge in [0.2, 0.25) is 0 Å². The lowest BCUT2D eigenvalue weighted by Crippen LogP contribution is -2.17. The monoisotopic (exact) mass is 261 g/mol. The number of thiazole rings is 1. The maximum atomic E-state index is 4.71. The predicted molar refractivity (Wildman–Crippen MR) is 76.1 cm³/mol. The molecule has 1 N–H and O–H groups in total. The number of nitrogens with one attached hydrogen (secondary N) is 1. The molecule has 0 radical (unpaired) electrons. The second-order valence-electron chi connectivity index (χ2n) is 4.72. The smallest absolute Gasteiger partial charge is 0.114 e. The van der Waals surface area contributed by atoms with E-state index in [0.29, 0.717) is 5.92 Å². The quantitative estimate of drug-likeness (QED) is 0.918. The van der Waals surface area contributed by atoms with Crippen LogP contribution in [0.2, 0.25) is 0 Å². The van der Waals surface area contributed by atoms with E-state index in [0.717, 1.165) is 22.0 Å². The van der Waals surface area contributed by atoms with Crippen molar-refractivity contribution in [1.29, 1.82) is 0 Å². The van der Waals surface area contributed by atoms with E-state index in [-0.39, 0.29) is 6.04 Å². The zero-order valence-electron chi connectivity index (χ0n) is 11.3. The lowest BCUT2D eigenvalue weighted by Gasteiger charge is -2.13. The third-order valence-corrected chi connectivity index (χ3v) is 3.86. The van der Waals surface area contributed by atoms with Crippen molar-refractivity contribution in [2.24, 2.45) is 0 Å². The van der Waals surface area contributed by atoms with Gasteiger partial charge in [-0.15, -0.1) is 11.3 Å². The van der Waals surface area contributed by atoms with E-state index in [9.17, 15) is 0 Å². The summed E-state index contributed by atoms with van der Waals surface area (Å²) >= 11 is 1.71. The van der Waals surface area contributed by atoms with Crippen LogP contribution in [0.15, 0.2) is 23.7 Å². The first-order valence-electron chi connectivity index (χ1n) is 6.17. The SMILES string of the molecule is CNC(c1ccc(C)nc1)c1nc(C(C)C)cs1. The average Bonchev–Trinajstić information content (AvgIpc) is 2.82. The molecule has 0 aromatic carbocycles. The molecule has 2 aromatic heterocycles. The summed E-state index contributed by atoms with van der Waals surface area (Å²) in [7, 11) is 1.96. The number of rotatable bonds is 4. The van der Waals surface area contributed by atoms with Crippen LogP contribution in [0.5, 0.6) is 0 Å². The van der Waals surface area contributed by atoms with E-state index < -0.39 is 0 Å². The molecule has 0 fully saturated rings. The van der Waals surface area contributed by atoms with Crippen LogP contribution in [0.25, 0.3) is 0 Å². The summed E-state index contributed by atoms with van der Waals surface area (Å²) in [6.07, 6.45) is 1.92. The van der Waals surface area contributed by atoms with Gasteiger partial charge >= 0.3 is 0 Å². The van der Waals surface area contributed by atoms with Gasteiger partial charge in [0.1, 0.15) is 5.01 Å². The van der Waals surface area contributed by atoms with E-state index in [1.54, 1.807) is 11.3 Å². The summed E-state index contributed by atoms with van der Waals surface area (Å²) in [6.45, 7) is 6.33. The van der Waals surface area contributed by atoms with Gasteiger partial charge < -0.3 is 5.32 Å². The molecule has 3 nitrogen and oxygen atoms in total. The molecule has 0 aliphatic rings. The molecule has 0 bridgehead atoms. The molecule has 0 saturated heterocycles. The molecule has 4 heteroatoms. The first-order chi connectivity index (χ1) is 8.61. The average molecular weight is 261 g/mol. The van der Waals surface area contributed by atoms with E-state index >= 15 is 0 Å². The number of pyridine rings is 1. The normalized spacial score (nSPS) is 12.9. The van der Waals surface area contributed by atoms with Crippen molar-refractivity contribution >= 4 is 11.3 Å². The minimum absolute atomic E-state index is 0.135. The Labute approximate surface area is 112 Å². The van der Waals surface area contributed by atoms with Crippen LogP contribution in [0, 0.1) is 6.92 Å². The second-order valence-corrected chi connectivity index (χ2v) is 5.61. The third-order valence-electron chi connectivity index (χ3n) is 2.93.